The molecule has 0 unspecified atom stereocenters. The average Bonchev–Trinajstić information content (AvgIpc) is 3.50. The van der Waals surface area contributed by atoms with Gasteiger partial charge in [-0.2, -0.15) is 0 Å². The summed E-state index contributed by atoms with van der Waals surface area (Å²) in [4.78, 5) is 30.8. The number of hydrogen-bond donors (Lipinski definition) is 3. The highest BCUT2D eigenvalue weighted by Gasteiger charge is 2.45. The molecule has 220 valence electrons. The molecule has 3 aromatic rings. The molecule has 1 amide bonds. The first-order chi connectivity index (χ1) is 19.6. The van der Waals surface area contributed by atoms with E-state index in [0.717, 1.165) is 12.8 Å². The molecule has 15 heteroatoms. The molecular formula is C26H32F2N8O4S. The van der Waals surface area contributed by atoms with Gasteiger partial charge < -0.3 is 24.6 Å². The number of nitrogens with zero attached hydrogens (tertiary/aromatic N) is 6. The van der Waals surface area contributed by atoms with E-state index in [0.29, 0.717) is 35.8 Å². The van der Waals surface area contributed by atoms with Crippen LogP contribution in [0.3, 0.4) is 0 Å². The molecule has 2 saturated heterocycles. The Kier molecular flexibility index (Phi) is 6.96. The van der Waals surface area contributed by atoms with Gasteiger partial charge >= 0.3 is 0 Å². The molecule has 1 aliphatic carbocycles. The van der Waals surface area contributed by atoms with Crippen LogP contribution in [0.4, 0.5) is 32.1 Å². The smallest absolute Gasteiger partial charge is 0.260 e. The zero-order valence-corrected chi connectivity index (χ0v) is 23.2. The number of aliphatic hydroxyl groups excluding tert-OH is 1. The third kappa shape index (κ3) is 5.91. The number of imidazole rings is 1. The number of aliphatic hydroxyl groups is 1. The number of halogens is 2. The maximum Gasteiger partial charge on any atom is 0.260 e. The van der Waals surface area contributed by atoms with Crippen LogP contribution in [0.2, 0.25) is 0 Å². The van der Waals surface area contributed by atoms with Crippen molar-refractivity contribution in [3.8, 4) is 0 Å². The molecular weight excluding hydrogens is 558 g/mol. The second kappa shape index (κ2) is 10.4. The van der Waals surface area contributed by atoms with Gasteiger partial charge in [-0.3, -0.25) is 9.52 Å². The van der Waals surface area contributed by atoms with Crippen LogP contribution in [0.5, 0.6) is 0 Å². The molecule has 41 heavy (non-hydrogen) atoms. The van der Waals surface area contributed by atoms with Crippen molar-refractivity contribution < 1.29 is 27.1 Å². The first-order valence-corrected chi connectivity index (χ1v) is 15.4. The molecule has 0 atom stereocenters. The van der Waals surface area contributed by atoms with Crippen molar-refractivity contribution in [3.63, 3.8) is 0 Å². The van der Waals surface area contributed by atoms with Gasteiger partial charge in [0.15, 0.2) is 17.3 Å². The van der Waals surface area contributed by atoms with E-state index in [4.69, 9.17) is 5.11 Å². The number of pyridine rings is 1. The number of carbonyl (C=O) groups excluding carboxylic acids is 1. The number of amides is 1. The first-order valence-electron chi connectivity index (χ1n) is 13.7. The summed E-state index contributed by atoms with van der Waals surface area (Å²) in [5, 5.41) is 11.9. The van der Waals surface area contributed by atoms with Crippen LogP contribution in [0.15, 0.2) is 30.7 Å². The molecule has 5 heterocycles. The largest absolute Gasteiger partial charge is 0.395 e. The highest BCUT2D eigenvalue weighted by atomic mass is 32.2. The summed E-state index contributed by atoms with van der Waals surface area (Å²) >= 11 is 0. The quantitative estimate of drug-likeness (QED) is 0.361. The Balaban J connectivity index is 1.29. The third-order valence-corrected chi connectivity index (χ3v) is 9.45. The van der Waals surface area contributed by atoms with Gasteiger partial charge in [-0.25, -0.2) is 32.2 Å². The Hall–Kier alpha value is -3.59. The standard InChI is InChI=1S/C26H32F2N8O4S/c27-26(28)7-12-35(13-8-26)23-22-29-9-14-36(22)17-20(31-23)32-24(38)18-1-2-19(33-41(39,40)16-15-37)30-21(18)34-10-5-25(3-4-25)6-11-34/h1-2,9,14,17,37H,3-8,10-13,15-16H2,(H,30,33)(H,32,38). The fourth-order valence-corrected chi connectivity index (χ4v) is 6.32. The van der Waals surface area contributed by atoms with E-state index in [1.807, 2.05) is 4.90 Å². The number of anilines is 4. The normalized spacial score (nSPS) is 19.9. The van der Waals surface area contributed by atoms with Crippen LogP contribution in [0.1, 0.15) is 48.9 Å². The Morgan fingerprint density at radius 2 is 1.61 bits per heavy atom. The molecule has 3 aromatic heterocycles. The maximum atomic E-state index is 13.8. The Labute approximate surface area is 235 Å². The zero-order chi connectivity index (χ0) is 28.8. The van der Waals surface area contributed by atoms with Crippen molar-refractivity contribution in [3.05, 3.63) is 36.3 Å². The van der Waals surface area contributed by atoms with Crippen molar-refractivity contribution in [2.75, 3.05) is 58.4 Å². The minimum absolute atomic E-state index is 0.0545. The van der Waals surface area contributed by atoms with Gasteiger partial charge in [0, 0.05) is 51.4 Å². The van der Waals surface area contributed by atoms with Gasteiger partial charge in [-0.1, -0.05) is 0 Å². The lowest BCUT2D eigenvalue weighted by Gasteiger charge is -2.34. The van der Waals surface area contributed by atoms with Crippen molar-refractivity contribution in [2.24, 2.45) is 5.41 Å². The topological polar surface area (TPSA) is 145 Å². The minimum atomic E-state index is -3.81. The lowest BCUT2D eigenvalue weighted by atomic mass is 9.93. The Morgan fingerprint density at radius 1 is 0.951 bits per heavy atom. The van der Waals surface area contributed by atoms with Gasteiger partial charge in [0.25, 0.3) is 11.8 Å². The van der Waals surface area contributed by atoms with Crippen molar-refractivity contribution >= 4 is 44.8 Å². The van der Waals surface area contributed by atoms with Crippen LogP contribution in [0.25, 0.3) is 5.65 Å². The van der Waals surface area contributed by atoms with Crippen LogP contribution in [-0.2, 0) is 10.0 Å². The molecule has 0 bridgehead atoms. The predicted molar refractivity (Wildman–Crippen MR) is 149 cm³/mol. The average molecular weight is 591 g/mol. The lowest BCUT2D eigenvalue weighted by molar-refractivity contribution is -0.0221. The van der Waals surface area contributed by atoms with Crippen LogP contribution in [-0.4, -0.2) is 83.2 Å². The number of sulfonamides is 1. The van der Waals surface area contributed by atoms with E-state index in [9.17, 15) is 22.0 Å². The summed E-state index contributed by atoms with van der Waals surface area (Å²) in [6.07, 6.45) is 8.61. The number of nitrogens with one attached hydrogen (secondary N) is 2. The molecule has 0 aromatic carbocycles. The maximum absolute atomic E-state index is 13.8. The summed E-state index contributed by atoms with van der Waals surface area (Å²) in [7, 11) is -3.81. The van der Waals surface area contributed by atoms with E-state index in [-0.39, 0.29) is 43.1 Å². The van der Waals surface area contributed by atoms with Gasteiger partial charge in [-0.05, 0) is 43.2 Å². The van der Waals surface area contributed by atoms with Crippen LogP contribution >= 0.6 is 0 Å². The lowest BCUT2D eigenvalue weighted by Crippen LogP contribution is -2.40. The second-order valence-electron chi connectivity index (χ2n) is 11.1. The molecule has 0 radical (unpaired) electrons. The predicted octanol–water partition coefficient (Wildman–Crippen LogP) is 2.73. The van der Waals surface area contributed by atoms with E-state index < -0.39 is 34.2 Å². The minimum Gasteiger partial charge on any atom is -0.395 e. The molecule has 1 saturated carbocycles. The van der Waals surface area contributed by atoms with Crippen LogP contribution in [0, 0.1) is 5.41 Å². The van der Waals surface area contributed by atoms with Gasteiger partial charge in [0.05, 0.1) is 24.1 Å². The summed E-state index contributed by atoms with van der Waals surface area (Å²) in [5.41, 5.74) is 1.11. The fourth-order valence-electron chi connectivity index (χ4n) is 5.54. The fraction of sp³-hybridized carbons (Fsp3) is 0.538. The molecule has 12 nitrogen and oxygen atoms in total. The SMILES string of the molecule is O=C(Nc1cn2ccnc2c(N2CCC(F)(F)CC2)n1)c1ccc(NS(=O)(=O)CCO)nc1N1CCC2(CC1)CC2. The summed E-state index contributed by atoms with van der Waals surface area (Å²) in [6.45, 7) is 1.05. The highest BCUT2D eigenvalue weighted by molar-refractivity contribution is 7.92. The molecule has 3 fully saturated rings. The monoisotopic (exact) mass is 590 g/mol. The zero-order valence-electron chi connectivity index (χ0n) is 22.4. The van der Waals surface area contributed by atoms with Crippen molar-refractivity contribution in [1.82, 2.24) is 19.4 Å². The molecule has 2 aliphatic heterocycles. The number of carbonyl (C=O) groups is 1. The van der Waals surface area contributed by atoms with Gasteiger partial charge in [-0.15, -0.1) is 0 Å². The first kappa shape index (κ1) is 27.6. The summed E-state index contributed by atoms with van der Waals surface area (Å²) in [6, 6.07) is 2.92. The number of fused-ring (bicyclic) bond motifs is 1. The highest BCUT2D eigenvalue weighted by Crippen LogP contribution is 2.54. The number of piperidine rings is 2. The van der Waals surface area contributed by atoms with Crippen molar-refractivity contribution in [1.29, 1.82) is 0 Å². The molecule has 6 rings (SSSR count). The van der Waals surface area contributed by atoms with E-state index in [1.165, 1.54) is 25.0 Å². The Bertz CT molecular complexity index is 1560. The van der Waals surface area contributed by atoms with Crippen molar-refractivity contribution in [2.45, 2.75) is 44.4 Å². The molecule has 3 aliphatic rings. The van der Waals surface area contributed by atoms with Crippen LogP contribution < -0.4 is 19.8 Å². The van der Waals surface area contributed by atoms with Gasteiger partial charge in [0.1, 0.15) is 11.6 Å². The summed E-state index contributed by atoms with van der Waals surface area (Å²) in [5.74, 6) is -2.67. The number of aromatic nitrogens is 4. The van der Waals surface area contributed by atoms with E-state index >= 15 is 0 Å². The number of hydrogen-bond acceptors (Lipinski definition) is 9. The molecule has 3 N–H and O–H groups in total. The Morgan fingerprint density at radius 3 is 2.29 bits per heavy atom. The number of alkyl halides is 2. The van der Waals surface area contributed by atoms with Gasteiger partial charge in [0.2, 0.25) is 10.0 Å². The van der Waals surface area contributed by atoms with E-state index in [2.05, 4.69) is 25.0 Å². The summed E-state index contributed by atoms with van der Waals surface area (Å²) < 4.78 is 56.2. The molecule has 1 spiro atoms. The second-order valence-corrected chi connectivity index (χ2v) is 12.9. The third-order valence-electron chi connectivity index (χ3n) is 8.21. The number of rotatable bonds is 8. The van der Waals surface area contributed by atoms with E-state index in [1.54, 1.807) is 27.9 Å².